The molecule has 5 heteroatoms. The van der Waals surface area contributed by atoms with E-state index in [1.165, 1.54) is 10.6 Å². The Bertz CT molecular complexity index is 682. The molecule has 0 bridgehead atoms. The van der Waals surface area contributed by atoms with E-state index in [4.69, 9.17) is 4.74 Å². The first-order chi connectivity index (χ1) is 9.58. The largest absolute Gasteiger partial charge is 0.494 e. The first kappa shape index (κ1) is 14.8. The van der Waals surface area contributed by atoms with Gasteiger partial charge in [-0.2, -0.15) is 0 Å². The van der Waals surface area contributed by atoms with Crippen LogP contribution in [0, 0.1) is 5.82 Å². The molecule has 2 aromatic rings. The highest BCUT2D eigenvalue weighted by Crippen LogP contribution is 2.26. The Morgan fingerprint density at radius 1 is 1.25 bits per heavy atom. The predicted octanol–water partition coefficient (Wildman–Crippen LogP) is 3.84. The quantitative estimate of drug-likeness (QED) is 0.847. The van der Waals surface area contributed by atoms with Crippen molar-refractivity contribution in [1.29, 1.82) is 0 Å². The summed E-state index contributed by atoms with van der Waals surface area (Å²) in [5.41, 5.74) is 0.777. The number of hydrogen-bond acceptors (Lipinski definition) is 2. The number of nitrogens with zero attached hydrogens (tertiary/aromatic N) is 1. The molecule has 0 radical (unpaired) electrons. The molecule has 0 saturated carbocycles. The molecule has 0 atom stereocenters. The smallest absolute Gasteiger partial charge is 0.265 e. The molecule has 0 amide bonds. The van der Waals surface area contributed by atoms with Gasteiger partial charge in [0, 0.05) is 18.2 Å². The second-order valence-electron chi connectivity index (χ2n) is 4.19. The van der Waals surface area contributed by atoms with Gasteiger partial charge in [0.1, 0.15) is 11.6 Å². The summed E-state index contributed by atoms with van der Waals surface area (Å²) in [5.74, 6) is 0.0797. The normalized spacial score (nSPS) is 10.6. The molecule has 1 aromatic carbocycles. The zero-order chi connectivity index (χ0) is 14.7. The van der Waals surface area contributed by atoms with E-state index >= 15 is 0 Å². The highest BCUT2D eigenvalue weighted by atomic mass is 79.9. The van der Waals surface area contributed by atoms with Crippen molar-refractivity contribution >= 4 is 15.9 Å². The maximum absolute atomic E-state index is 14.2. The van der Waals surface area contributed by atoms with E-state index in [1.807, 2.05) is 13.8 Å². The molecule has 0 aliphatic carbocycles. The van der Waals surface area contributed by atoms with Crippen molar-refractivity contribution in [1.82, 2.24) is 4.57 Å². The Balaban J connectivity index is 2.57. The van der Waals surface area contributed by atoms with Crippen LogP contribution in [-0.4, -0.2) is 11.2 Å². The van der Waals surface area contributed by atoms with E-state index in [0.29, 0.717) is 34.6 Å². The molecule has 106 valence electrons. The van der Waals surface area contributed by atoms with Crippen LogP contribution in [0.2, 0.25) is 0 Å². The average molecular weight is 340 g/mol. The third-order valence-corrected chi connectivity index (χ3v) is 3.58. The standard InChI is InChI=1S/C15H15BrFNO2/c1-3-18-14(8-7-12(16)15(18)19)11-6-5-10(20-4-2)9-13(11)17/h5-9H,3-4H2,1-2H3. The number of ether oxygens (including phenoxy) is 1. The topological polar surface area (TPSA) is 31.2 Å². The van der Waals surface area contributed by atoms with Crippen LogP contribution < -0.4 is 10.3 Å². The van der Waals surface area contributed by atoms with Crippen LogP contribution in [0.3, 0.4) is 0 Å². The van der Waals surface area contributed by atoms with Gasteiger partial charge in [0.05, 0.1) is 16.8 Å². The summed E-state index contributed by atoms with van der Waals surface area (Å²) < 4.78 is 21.5. The first-order valence-corrected chi connectivity index (χ1v) is 7.19. The van der Waals surface area contributed by atoms with Crippen LogP contribution in [0.5, 0.6) is 5.75 Å². The van der Waals surface area contributed by atoms with Crippen LogP contribution in [0.15, 0.2) is 39.6 Å². The summed E-state index contributed by atoms with van der Waals surface area (Å²) in [4.78, 5) is 12.0. The van der Waals surface area contributed by atoms with Crippen LogP contribution in [0.4, 0.5) is 4.39 Å². The fourth-order valence-electron chi connectivity index (χ4n) is 2.06. The molecule has 2 rings (SSSR count). The monoisotopic (exact) mass is 339 g/mol. The summed E-state index contributed by atoms with van der Waals surface area (Å²) in [5, 5.41) is 0. The number of aromatic nitrogens is 1. The lowest BCUT2D eigenvalue weighted by atomic mass is 10.1. The van der Waals surface area contributed by atoms with E-state index in [2.05, 4.69) is 15.9 Å². The summed E-state index contributed by atoms with van der Waals surface area (Å²) in [7, 11) is 0. The van der Waals surface area contributed by atoms with Crippen molar-refractivity contribution in [3.8, 4) is 17.0 Å². The van der Waals surface area contributed by atoms with Gasteiger partial charge in [0.15, 0.2) is 0 Å². The molecule has 0 spiro atoms. The molecule has 0 unspecified atom stereocenters. The Hall–Kier alpha value is -1.62. The molecule has 0 N–H and O–H groups in total. The Morgan fingerprint density at radius 3 is 2.60 bits per heavy atom. The molecule has 0 fully saturated rings. The molecule has 0 aliphatic rings. The van der Waals surface area contributed by atoms with E-state index in [9.17, 15) is 9.18 Å². The number of pyridine rings is 1. The fraction of sp³-hybridized carbons (Fsp3) is 0.267. The van der Waals surface area contributed by atoms with E-state index in [0.717, 1.165) is 0 Å². The highest BCUT2D eigenvalue weighted by molar-refractivity contribution is 9.10. The minimum atomic E-state index is -0.403. The number of hydrogen-bond donors (Lipinski definition) is 0. The first-order valence-electron chi connectivity index (χ1n) is 6.40. The summed E-state index contributed by atoms with van der Waals surface area (Å²) in [6.07, 6.45) is 0. The molecule has 1 heterocycles. The van der Waals surface area contributed by atoms with E-state index in [1.54, 1.807) is 24.3 Å². The lowest BCUT2D eigenvalue weighted by Crippen LogP contribution is -2.21. The van der Waals surface area contributed by atoms with Gasteiger partial charge in [-0.05, 0) is 54.0 Å². The van der Waals surface area contributed by atoms with Crippen LogP contribution in [-0.2, 0) is 6.54 Å². The Kier molecular flexibility index (Phi) is 4.60. The zero-order valence-corrected chi connectivity index (χ0v) is 12.9. The molecule has 3 nitrogen and oxygen atoms in total. The Labute approximate surface area is 125 Å². The van der Waals surface area contributed by atoms with Gasteiger partial charge in [-0.3, -0.25) is 4.79 Å². The van der Waals surface area contributed by atoms with Crippen molar-refractivity contribution in [3.05, 3.63) is 51.0 Å². The molecule has 20 heavy (non-hydrogen) atoms. The third-order valence-electron chi connectivity index (χ3n) is 2.97. The van der Waals surface area contributed by atoms with Crippen LogP contribution in [0.1, 0.15) is 13.8 Å². The fourth-order valence-corrected chi connectivity index (χ4v) is 2.41. The lowest BCUT2D eigenvalue weighted by Gasteiger charge is -2.13. The summed E-state index contributed by atoms with van der Waals surface area (Å²) in [6.45, 7) is 4.65. The summed E-state index contributed by atoms with van der Waals surface area (Å²) in [6, 6.07) is 8.04. The summed E-state index contributed by atoms with van der Waals surface area (Å²) >= 11 is 3.20. The maximum atomic E-state index is 14.2. The molecule has 1 aromatic heterocycles. The number of benzene rings is 1. The highest BCUT2D eigenvalue weighted by Gasteiger charge is 2.12. The van der Waals surface area contributed by atoms with Gasteiger partial charge in [0.25, 0.3) is 5.56 Å². The lowest BCUT2D eigenvalue weighted by molar-refractivity contribution is 0.338. The second-order valence-corrected chi connectivity index (χ2v) is 5.04. The Morgan fingerprint density at radius 2 is 2.00 bits per heavy atom. The van der Waals surface area contributed by atoms with Gasteiger partial charge in [-0.15, -0.1) is 0 Å². The average Bonchev–Trinajstić information content (AvgIpc) is 2.43. The van der Waals surface area contributed by atoms with Gasteiger partial charge < -0.3 is 9.30 Å². The van der Waals surface area contributed by atoms with Gasteiger partial charge in [-0.1, -0.05) is 0 Å². The van der Waals surface area contributed by atoms with E-state index in [-0.39, 0.29) is 5.56 Å². The number of rotatable bonds is 4. The minimum Gasteiger partial charge on any atom is -0.494 e. The maximum Gasteiger partial charge on any atom is 0.265 e. The van der Waals surface area contributed by atoms with Crippen molar-refractivity contribution in [3.63, 3.8) is 0 Å². The van der Waals surface area contributed by atoms with Gasteiger partial charge in [0.2, 0.25) is 0 Å². The number of halogens is 2. The van der Waals surface area contributed by atoms with Gasteiger partial charge in [-0.25, -0.2) is 4.39 Å². The predicted molar refractivity (Wildman–Crippen MR) is 80.6 cm³/mol. The third kappa shape index (κ3) is 2.77. The molecular formula is C15H15BrFNO2. The SMILES string of the molecule is CCOc1ccc(-c2ccc(Br)c(=O)n2CC)c(F)c1. The molecular weight excluding hydrogens is 325 g/mol. The minimum absolute atomic E-state index is 0.168. The van der Waals surface area contributed by atoms with Crippen LogP contribution >= 0.6 is 15.9 Å². The zero-order valence-electron chi connectivity index (χ0n) is 11.3. The second kappa shape index (κ2) is 6.22. The van der Waals surface area contributed by atoms with Crippen molar-refractivity contribution in [2.45, 2.75) is 20.4 Å². The van der Waals surface area contributed by atoms with E-state index < -0.39 is 5.82 Å². The molecule has 0 saturated heterocycles. The van der Waals surface area contributed by atoms with Crippen LogP contribution in [0.25, 0.3) is 11.3 Å². The van der Waals surface area contributed by atoms with Crippen molar-refractivity contribution in [2.75, 3.05) is 6.61 Å². The van der Waals surface area contributed by atoms with Crippen molar-refractivity contribution in [2.24, 2.45) is 0 Å². The van der Waals surface area contributed by atoms with Gasteiger partial charge >= 0.3 is 0 Å². The van der Waals surface area contributed by atoms with Crippen molar-refractivity contribution < 1.29 is 9.13 Å². The molecule has 0 aliphatic heterocycles.